The summed E-state index contributed by atoms with van der Waals surface area (Å²) in [5, 5.41) is 9.43. The lowest BCUT2D eigenvalue weighted by molar-refractivity contribution is -0.132. The summed E-state index contributed by atoms with van der Waals surface area (Å²) in [4.78, 5) is 20.9. The highest BCUT2D eigenvalue weighted by Gasteiger charge is 2.25. The number of nitrogens with zero attached hydrogens (tertiary/aromatic N) is 4. The molecule has 1 aromatic rings. The minimum Gasteiger partial charge on any atom is -0.339 e. The highest BCUT2D eigenvalue weighted by molar-refractivity contribution is 8.00. The quantitative estimate of drug-likeness (QED) is 0.791. The number of piperazine rings is 1. The van der Waals surface area contributed by atoms with Crippen molar-refractivity contribution >= 4 is 17.7 Å². The van der Waals surface area contributed by atoms with Crippen LogP contribution in [0, 0.1) is 11.3 Å². The van der Waals surface area contributed by atoms with E-state index >= 15 is 0 Å². The largest absolute Gasteiger partial charge is 0.339 e. The monoisotopic (exact) mass is 304 g/mol. The number of rotatable bonds is 4. The fraction of sp³-hybridized carbons (Fsp3) is 0.533. The summed E-state index contributed by atoms with van der Waals surface area (Å²) in [7, 11) is 0. The van der Waals surface area contributed by atoms with E-state index in [1.54, 1.807) is 18.3 Å². The molecule has 0 aliphatic carbocycles. The van der Waals surface area contributed by atoms with E-state index in [9.17, 15) is 4.79 Å². The van der Waals surface area contributed by atoms with Crippen molar-refractivity contribution in [2.45, 2.75) is 24.1 Å². The molecule has 2 rings (SSSR count). The van der Waals surface area contributed by atoms with Gasteiger partial charge in [0.2, 0.25) is 5.91 Å². The van der Waals surface area contributed by atoms with Crippen molar-refractivity contribution in [2.24, 2.45) is 0 Å². The Bertz CT molecular complexity index is 535. The van der Waals surface area contributed by atoms with E-state index in [-0.39, 0.29) is 11.2 Å². The number of thioether (sulfide) groups is 1. The topological polar surface area (TPSA) is 60.2 Å². The Hall–Kier alpha value is -1.58. The Kier molecular flexibility index (Phi) is 5.59. The highest BCUT2D eigenvalue weighted by atomic mass is 32.2. The number of pyridine rings is 1. The molecule has 0 bridgehead atoms. The maximum absolute atomic E-state index is 12.4. The molecule has 1 fully saturated rings. The van der Waals surface area contributed by atoms with Crippen LogP contribution in [-0.4, -0.2) is 58.7 Å². The molecule has 1 aromatic heterocycles. The van der Waals surface area contributed by atoms with E-state index in [0.717, 1.165) is 37.7 Å². The van der Waals surface area contributed by atoms with Gasteiger partial charge in [-0.05, 0) is 25.6 Å². The zero-order valence-corrected chi connectivity index (χ0v) is 13.3. The number of nitriles is 1. The van der Waals surface area contributed by atoms with Gasteiger partial charge in [-0.25, -0.2) is 4.98 Å². The van der Waals surface area contributed by atoms with Gasteiger partial charge in [-0.1, -0.05) is 18.7 Å². The molecule has 1 aliphatic heterocycles. The minimum absolute atomic E-state index is 0.153. The van der Waals surface area contributed by atoms with Crippen molar-refractivity contribution in [3.05, 3.63) is 23.9 Å². The van der Waals surface area contributed by atoms with Crippen LogP contribution in [0.1, 0.15) is 19.4 Å². The number of carbonyl (C=O) groups excluding carboxylic acids is 1. The number of amides is 1. The Labute approximate surface area is 129 Å². The van der Waals surface area contributed by atoms with Crippen molar-refractivity contribution in [1.82, 2.24) is 14.8 Å². The molecule has 1 amide bonds. The fourth-order valence-electron chi connectivity index (χ4n) is 2.32. The second-order valence-electron chi connectivity index (χ2n) is 5.01. The maximum Gasteiger partial charge on any atom is 0.235 e. The number of likely N-dealkylation sites (N-methyl/N-ethyl adjacent to an activating group) is 1. The summed E-state index contributed by atoms with van der Waals surface area (Å²) in [5.74, 6) is 0.153. The van der Waals surface area contributed by atoms with Crippen LogP contribution in [0.25, 0.3) is 0 Å². The molecule has 0 aromatic carbocycles. The van der Waals surface area contributed by atoms with E-state index in [1.165, 1.54) is 11.8 Å². The summed E-state index contributed by atoms with van der Waals surface area (Å²) < 4.78 is 0. The third-order valence-corrected chi connectivity index (χ3v) is 4.66. The van der Waals surface area contributed by atoms with Crippen LogP contribution in [0.4, 0.5) is 0 Å². The predicted octanol–water partition coefficient (Wildman–Crippen LogP) is 1.60. The standard InChI is InChI=1S/C15H20N4OS/c1-3-18-6-8-19(9-7-18)15(20)12(2)21-14-10-13(11-16)4-5-17-14/h4-5,10,12H,3,6-9H2,1-2H3/t12-/m0/s1. The van der Waals surface area contributed by atoms with E-state index in [1.807, 2.05) is 11.8 Å². The van der Waals surface area contributed by atoms with Gasteiger partial charge in [-0.3, -0.25) is 4.79 Å². The summed E-state index contributed by atoms with van der Waals surface area (Å²) in [6.45, 7) is 8.57. The Morgan fingerprint density at radius 3 is 2.81 bits per heavy atom. The normalized spacial score (nSPS) is 17.3. The van der Waals surface area contributed by atoms with Crippen LogP contribution in [0.15, 0.2) is 23.4 Å². The first-order valence-electron chi connectivity index (χ1n) is 7.18. The average Bonchev–Trinajstić information content (AvgIpc) is 2.54. The summed E-state index contributed by atoms with van der Waals surface area (Å²) in [5.41, 5.74) is 0.573. The molecule has 112 valence electrons. The molecule has 21 heavy (non-hydrogen) atoms. The lowest BCUT2D eigenvalue weighted by Gasteiger charge is -2.35. The zero-order valence-electron chi connectivity index (χ0n) is 12.5. The first-order valence-corrected chi connectivity index (χ1v) is 8.06. The van der Waals surface area contributed by atoms with Gasteiger partial charge < -0.3 is 9.80 Å². The molecule has 6 heteroatoms. The third-order valence-electron chi connectivity index (χ3n) is 3.64. The molecule has 1 saturated heterocycles. The molecular weight excluding hydrogens is 284 g/mol. The number of hydrogen-bond donors (Lipinski definition) is 0. The third kappa shape index (κ3) is 4.19. The van der Waals surface area contributed by atoms with Gasteiger partial charge in [-0.15, -0.1) is 0 Å². The lowest BCUT2D eigenvalue weighted by Crippen LogP contribution is -2.50. The molecule has 0 unspecified atom stereocenters. The smallest absolute Gasteiger partial charge is 0.235 e. The summed E-state index contributed by atoms with van der Waals surface area (Å²) in [6.07, 6.45) is 1.61. The highest BCUT2D eigenvalue weighted by Crippen LogP contribution is 2.23. The summed E-state index contributed by atoms with van der Waals surface area (Å²) >= 11 is 1.41. The molecule has 5 nitrogen and oxygen atoms in total. The van der Waals surface area contributed by atoms with Gasteiger partial charge in [0.15, 0.2) is 0 Å². The molecule has 0 N–H and O–H groups in total. The van der Waals surface area contributed by atoms with Crippen molar-refractivity contribution in [2.75, 3.05) is 32.7 Å². The Morgan fingerprint density at radius 2 is 2.19 bits per heavy atom. The van der Waals surface area contributed by atoms with Crippen LogP contribution in [-0.2, 0) is 4.79 Å². The van der Waals surface area contributed by atoms with Crippen molar-refractivity contribution in [1.29, 1.82) is 5.26 Å². The van der Waals surface area contributed by atoms with Crippen molar-refractivity contribution in [3.8, 4) is 6.07 Å². The van der Waals surface area contributed by atoms with Gasteiger partial charge in [0.05, 0.1) is 21.9 Å². The molecule has 0 saturated carbocycles. The first-order chi connectivity index (χ1) is 10.1. The van der Waals surface area contributed by atoms with Gasteiger partial charge in [0.25, 0.3) is 0 Å². The van der Waals surface area contributed by atoms with E-state index in [0.29, 0.717) is 5.56 Å². The van der Waals surface area contributed by atoms with Gasteiger partial charge in [0.1, 0.15) is 0 Å². The first kappa shape index (κ1) is 15.8. The second-order valence-corrected chi connectivity index (χ2v) is 6.38. The SMILES string of the molecule is CCN1CCN(C(=O)[C@H](C)Sc2cc(C#N)ccn2)CC1. The van der Waals surface area contributed by atoms with Crippen LogP contribution < -0.4 is 0 Å². The molecule has 1 atom stereocenters. The number of aromatic nitrogens is 1. The molecule has 2 heterocycles. The molecular formula is C15H20N4OS. The maximum atomic E-state index is 12.4. The minimum atomic E-state index is -0.181. The molecule has 1 aliphatic rings. The van der Waals surface area contributed by atoms with Gasteiger partial charge in [0, 0.05) is 32.4 Å². The lowest BCUT2D eigenvalue weighted by atomic mass is 10.3. The van der Waals surface area contributed by atoms with Crippen LogP contribution in [0.5, 0.6) is 0 Å². The Balaban J connectivity index is 1.92. The second kappa shape index (κ2) is 7.43. The van der Waals surface area contributed by atoms with E-state index < -0.39 is 0 Å². The Morgan fingerprint density at radius 1 is 1.48 bits per heavy atom. The van der Waals surface area contributed by atoms with Crippen LogP contribution in [0.3, 0.4) is 0 Å². The number of carbonyl (C=O) groups is 1. The average molecular weight is 304 g/mol. The van der Waals surface area contributed by atoms with Crippen molar-refractivity contribution < 1.29 is 4.79 Å². The zero-order chi connectivity index (χ0) is 15.2. The fourth-order valence-corrected chi connectivity index (χ4v) is 3.25. The van der Waals surface area contributed by atoms with Gasteiger partial charge in [-0.2, -0.15) is 5.26 Å². The van der Waals surface area contributed by atoms with E-state index in [2.05, 4.69) is 22.9 Å². The van der Waals surface area contributed by atoms with Crippen LogP contribution in [0.2, 0.25) is 0 Å². The van der Waals surface area contributed by atoms with Gasteiger partial charge >= 0.3 is 0 Å². The number of hydrogen-bond acceptors (Lipinski definition) is 5. The van der Waals surface area contributed by atoms with Crippen molar-refractivity contribution in [3.63, 3.8) is 0 Å². The van der Waals surface area contributed by atoms with Crippen LogP contribution >= 0.6 is 11.8 Å². The summed E-state index contributed by atoms with van der Waals surface area (Å²) in [6, 6.07) is 5.48. The molecule has 0 radical (unpaired) electrons. The predicted molar refractivity (Wildman–Crippen MR) is 83.0 cm³/mol. The molecule has 0 spiro atoms. The van der Waals surface area contributed by atoms with E-state index in [4.69, 9.17) is 5.26 Å².